The van der Waals surface area contributed by atoms with Gasteiger partial charge < -0.3 is 5.32 Å². The lowest BCUT2D eigenvalue weighted by Crippen LogP contribution is -2.43. The van der Waals surface area contributed by atoms with Crippen molar-refractivity contribution in [1.82, 2.24) is 9.62 Å². The first kappa shape index (κ1) is 16.3. The van der Waals surface area contributed by atoms with Gasteiger partial charge in [0.1, 0.15) is 4.90 Å². The number of para-hydroxylation sites is 1. The van der Waals surface area contributed by atoms with E-state index in [4.69, 9.17) is 0 Å². The molecule has 1 aliphatic rings. The molecule has 1 aromatic rings. The molecule has 1 unspecified atom stereocenters. The molecule has 2 rings (SSSR count). The smallest absolute Gasteiger partial charge is 0.242 e. The molecule has 1 heterocycles. The number of nitrogens with one attached hydrogen (secondary N) is 2. The number of sulfonamides is 1. The summed E-state index contributed by atoms with van der Waals surface area (Å²) in [4.78, 5) is 2.78. The molecule has 0 amide bonds. The number of benzene rings is 1. The molecule has 6 heteroatoms. The van der Waals surface area contributed by atoms with Crippen LogP contribution in [0.4, 0.5) is 5.69 Å². The van der Waals surface area contributed by atoms with Crippen LogP contribution in [0, 0.1) is 0 Å². The van der Waals surface area contributed by atoms with Crippen molar-refractivity contribution in [3.05, 3.63) is 24.3 Å². The van der Waals surface area contributed by atoms with E-state index in [2.05, 4.69) is 21.9 Å². The number of hydrogen-bond acceptors (Lipinski definition) is 4. The van der Waals surface area contributed by atoms with Crippen molar-refractivity contribution in [2.24, 2.45) is 0 Å². The van der Waals surface area contributed by atoms with Gasteiger partial charge in [0.15, 0.2) is 0 Å². The van der Waals surface area contributed by atoms with Crippen molar-refractivity contribution in [2.45, 2.75) is 37.1 Å². The Morgan fingerprint density at radius 1 is 1.29 bits per heavy atom. The van der Waals surface area contributed by atoms with Gasteiger partial charge in [-0.15, -0.1) is 0 Å². The van der Waals surface area contributed by atoms with Gasteiger partial charge in [0, 0.05) is 12.6 Å². The van der Waals surface area contributed by atoms with E-state index in [-0.39, 0.29) is 0 Å². The van der Waals surface area contributed by atoms with Crippen molar-refractivity contribution in [3.63, 3.8) is 0 Å². The Hall–Kier alpha value is -1.11. The zero-order valence-electron chi connectivity index (χ0n) is 12.8. The molecule has 1 aromatic carbocycles. The Labute approximate surface area is 127 Å². The summed E-state index contributed by atoms with van der Waals surface area (Å²) in [7, 11) is -1.99. The van der Waals surface area contributed by atoms with Gasteiger partial charge in [-0.25, -0.2) is 13.1 Å². The van der Waals surface area contributed by atoms with E-state index < -0.39 is 10.0 Å². The van der Waals surface area contributed by atoms with Crippen molar-refractivity contribution in [2.75, 3.05) is 32.0 Å². The number of rotatable bonds is 6. The summed E-state index contributed by atoms with van der Waals surface area (Å²) >= 11 is 0. The molecular weight excluding hydrogens is 286 g/mol. The maximum Gasteiger partial charge on any atom is 0.242 e. The van der Waals surface area contributed by atoms with Gasteiger partial charge in [0.05, 0.1) is 5.69 Å². The predicted molar refractivity (Wildman–Crippen MR) is 86.1 cm³/mol. The Morgan fingerprint density at radius 2 is 2.05 bits per heavy atom. The summed E-state index contributed by atoms with van der Waals surface area (Å²) in [6, 6.07) is 7.54. The van der Waals surface area contributed by atoms with Crippen LogP contribution in [0.25, 0.3) is 0 Å². The van der Waals surface area contributed by atoms with Gasteiger partial charge in [-0.2, -0.15) is 0 Å². The van der Waals surface area contributed by atoms with E-state index in [9.17, 15) is 8.42 Å². The molecule has 0 spiro atoms. The van der Waals surface area contributed by atoms with Crippen LogP contribution in [0.3, 0.4) is 0 Å². The first-order chi connectivity index (χ1) is 10.1. The van der Waals surface area contributed by atoms with Gasteiger partial charge in [-0.3, -0.25) is 4.90 Å². The second kappa shape index (κ2) is 7.24. The van der Waals surface area contributed by atoms with Gasteiger partial charge in [0.25, 0.3) is 0 Å². The number of likely N-dealkylation sites (tertiary alicyclic amines) is 1. The van der Waals surface area contributed by atoms with Crippen molar-refractivity contribution >= 4 is 15.7 Å². The number of anilines is 1. The molecule has 118 valence electrons. The zero-order valence-corrected chi connectivity index (χ0v) is 13.6. The van der Waals surface area contributed by atoms with Crippen LogP contribution >= 0.6 is 0 Å². The molecule has 0 aromatic heterocycles. The quantitative estimate of drug-likeness (QED) is 0.842. The van der Waals surface area contributed by atoms with Crippen LogP contribution in [0.2, 0.25) is 0 Å². The van der Waals surface area contributed by atoms with Crippen LogP contribution in [0.1, 0.15) is 26.2 Å². The average Bonchev–Trinajstić information content (AvgIpc) is 2.53. The number of piperidine rings is 1. The minimum Gasteiger partial charge on any atom is -0.382 e. The van der Waals surface area contributed by atoms with E-state index in [1.54, 1.807) is 12.1 Å². The molecule has 1 atom stereocenters. The molecule has 1 aliphatic heterocycles. The Morgan fingerprint density at radius 3 is 2.76 bits per heavy atom. The third kappa shape index (κ3) is 3.96. The maximum absolute atomic E-state index is 12.0. The summed E-state index contributed by atoms with van der Waals surface area (Å²) in [5.74, 6) is 0. The van der Waals surface area contributed by atoms with E-state index in [0.717, 1.165) is 19.6 Å². The molecule has 1 saturated heterocycles. The molecule has 0 aliphatic carbocycles. The molecule has 0 bridgehead atoms. The van der Waals surface area contributed by atoms with Gasteiger partial charge >= 0.3 is 0 Å². The zero-order chi connectivity index (χ0) is 15.3. The van der Waals surface area contributed by atoms with Crippen molar-refractivity contribution < 1.29 is 8.42 Å². The Kier molecular flexibility index (Phi) is 5.61. The minimum absolute atomic E-state index is 0.311. The number of nitrogens with zero attached hydrogens (tertiary/aromatic N) is 1. The summed E-state index contributed by atoms with van der Waals surface area (Å²) < 4.78 is 26.4. The fourth-order valence-electron chi connectivity index (χ4n) is 2.89. The van der Waals surface area contributed by atoms with Crippen LogP contribution in [-0.4, -0.2) is 46.0 Å². The van der Waals surface area contributed by atoms with Crippen LogP contribution in [0.15, 0.2) is 29.2 Å². The normalized spacial score (nSPS) is 20.4. The summed E-state index contributed by atoms with van der Waals surface area (Å²) in [6.45, 7) is 5.14. The maximum atomic E-state index is 12.0. The van der Waals surface area contributed by atoms with Gasteiger partial charge in [0.2, 0.25) is 10.0 Å². The third-order valence-corrected chi connectivity index (χ3v) is 5.60. The number of hydrogen-bond donors (Lipinski definition) is 2. The fraction of sp³-hybridized carbons (Fsp3) is 0.600. The highest BCUT2D eigenvalue weighted by Crippen LogP contribution is 2.22. The lowest BCUT2D eigenvalue weighted by molar-refractivity contribution is 0.164. The SMILES string of the molecule is CCN1CCCCC1CNc1ccccc1S(=O)(=O)NC. The van der Waals surface area contributed by atoms with E-state index >= 15 is 0 Å². The molecule has 0 radical (unpaired) electrons. The molecule has 21 heavy (non-hydrogen) atoms. The topological polar surface area (TPSA) is 61.4 Å². The first-order valence-electron chi connectivity index (χ1n) is 7.59. The standard InChI is InChI=1S/C15H25N3O2S/c1-3-18-11-7-6-8-13(18)12-17-14-9-4-5-10-15(14)21(19,20)16-2/h4-5,9-10,13,16-17H,3,6-8,11-12H2,1-2H3. The van der Waals surface area contributed by atoms with E-state index in [1.165, 1.54) is 26.3 Å². The van der Waals surface area contributed by atoms with Crippen molar-refractivity contribution in [3.8, 4) is 0 Å². The largest absolute Gasteiger partial charge is 0.382 e. The summed E-state index contributed by atoms with van der Waals surface area (Å²) in [6.07, 6.45) is 3.68. The van der Waals surface area contributed by atoms with E-state index in [1.807, 2.05) is 12.1 Å². The summed E-state index contributed by atoms with van der Waals surface area (Å²) in [5, 5.41) is 3.33. The Bertz CT molecular complexity index is 560. The molecule has 5 nitrogen and oxygen atoms in total. The van der Waals surface area contributed by atoms with Crippen LogP contribution < -0.4 is 10.0 Å². The summed E-state index contributed by atoms with van der Waals surface area (Å²) in [5.41, 5.74) is 0.675. The second-order valence-corrected chi connectivity index (χ2v) is 7.22. The lowest BCUT2D eigenvalue weighted by Gasteiger charge is -2.35. The molecule has 2 N–H and O–H groups in total. The van der Waals surface area contributed by atoms with Gasteiger partial charge in [-0.05, 0) is 45.1 Å². The lowest BCUT2D eigenvalue weighted by atomic mass is 10.0. The molecule has 1 fully saturated rings. The highest BCUT2D eigenvalue weighted by Gasteiger charge is 2.22. The molecule has 0 saturated carbocycles. The third-order valence-electron chi connectivity index (χ3n) is 4.13. The predicted octanol–water partition coefficient (Wildman–Crippen LogP) is 1.88. The fourth-order valence-corrected chi connectivity index (χ4v) is 3.80. The van der Waals surface area contributed by atoms with E-state index in [0.29, 0.717) is 16.6 Å². The molecular formula is C15H25N3O2S. The second-order valence-electron chi connectivity index (χ2n) is 5.36. The highest BCUT2D eigenvalue weighted by molar-refractivity contribution is 7.89. The highest BCUT2D eigenvalue weighted by atomic mass is 32.2. The Balaban J connectivity index is 2.10. The monoisotopic (exact) mass is 311 g/mol. The van der Waals surface area contributed by atoms with Crippen LogP contribution in [-0.2, 0) is 10.0 Å². The minimum atomic E-state index is -3.43. The first-order valence-corrected chi connectivity index (χ1v) is 9.07. The van der Waals surface area contributed by atoms with Gasteiger partial charge in [-0.1, -0.05) is 25.5 Å². The van der Waals surface area contributed by atoms with Crippen LogP contribution in [0.5, 0.6) is 0 Å². The van der Waals surface area contributed by atoms with Crippen molar-refractivity contribution in [1.29, 1.82) is 0 Å². The number of likely N-dealkylation sites (N-methyl/N-ethyl adjacent to an activating group) is 1. The average molecular weight is 311 g/mol.